The minimum atomic E-state index is -4.81. The molecule has 3 aliphatic rings. The van der Waals surface area contributed by atoms with E-state index in [1.807, 2.05) is 19.0 Å². The molecule has 0 spiro atoms. The van der Waals surface area contributed by atoms with Crippen LogP contribution in [0.3, 0.4) is 0 Å². The number of piperidine rings is 1. The Bertz CT molecular complexity index is 741. The number of hydrogen-bond donors (Lipinski definition) is 3. The Morgan fingerprint density at radius 1 is 1.30 bits per heavy atom. The molecule has 11 nitrogen and oxygen atoms in total. The van der Waals surface area contributed by atoms with Gasteiger partial charge in [0.1, 0.15) is 5.84 Å². The Kier molecular flexibility index (Phi) is 5.43. The smallest absolute Gasteiger partial charge is 0.313 e. The second-order valence-corrected chi connectivity index (χ2v) is 8.49. The maximum absolute atomic E-state index is 12.6. The van der Waals surface area contributed by atoms with Gasteiger partial charge in [-0.3, -0.25) is 14.8 Å². The zero-order valence-electron chi connectivity index (χ0n) is 15.3. The molecule has 3 amide bonds. The molecule has 2 heterocycles. The highest BCUT2D eigenvalue weighted by atomic mass is 32.3. The number of carbonyl (C=O) groups excluding carboxylic acids is 2. The summed E-state index contributed by atoms with van der Waals surface area (Å²) in [4.78, 5) is 28.3. The normalized spacial score (nSPS) is 30.9. The van der Waals surface area contributed by atoms with E-state index in [9.17, 15) is 18.0 Å². The fourth-order valence-corrected chi connectivity index (χ4v) is 4.69. The van der Waals surface area contributed by atoms with Crippen LogP contribution in [-0.4, -0.2) is 84.4 Å². The molecular formula is C15H25N5O6S. The van der Waals surface area contributed by atoms with Gasteiger partial charge in [-0.25, -0.2) is 4.79 Å². The second kappa shape index (κ2) is 7.34. The van der Waals surface area contributed by atoms with Gasteiger partial charge in [-0.2, -0.15) is 13.5 Å². The summed E-state index contributed by atoms with van der Waals surface area (Å²) in [5, 5.41) is 11.5. The van der Waals surface area contributed by atoms with Crippen molar-refractivity contribution in [1.82, 2.24) is 20.2 Å². The number of nitrogens with zero attached hydrogens (tertiary/aromatic N) is 3. The van der Waals surface area contributed by atoms with Gasteiger partial charge in [0.2, 0.25) is 5.91 Å². The zero-order valence-corrected chi connectivity index (χ0v) is 16.1. The van der Waals surface area contributed by atoms with Crippen LogP contribution in [0.15, 0.2) is 0 Å². The van der Waals surface area contributed by atoms with Gasteiger partial charge in [-0.1, -0.05) is 6.42 Å². The van der Waals surface area contributed by atoms with Crippen LogP contribution < -0.4 is 5.32 Å². The highest BCUT2D eigenvalue weighted by molar-refractivity contribution is 7.80. The molecule has 152 valence electrons. The maximum atomic E-state index is 12.6. The highest BCUT2D eigenvalue weighted by Crippen LogP contribution is 2.32. The van der Waals surface area contributed by atoms with Crippen molar-refractivity contribution >= 4 is 28.2 Å². The van der Waals surface area contributed by atoms with Crippen LogP contribution in [0.2, 0.25) is 0 Å². The van der Waals surface area contributed by atoms with Crippen LogP contribution in [0.1, 0.15) is 32.1 Å². The summed E-state index contributed by atoms with van der Waals surface area (Å²) in [6, 6.07) is -1.80. The second-order valence-electron chi connectivity index (χ2n) is 7.48. The number of hydroxylamine groups is 2. The summed E-state index contributed by atoms with van der Waals surface area (Å²) in [7, 11) is -0.959. The molecule has 12 heteroatoms. The molecular weight excluding hydrogens is 378 g/mol. The topological polar surface area (TPSA) is 143 Å². The van der Waals surface area contributed by atoms with Crippen molar-refractivity contribution in [2.75, 3.05) is 20.6 Å². The lowest BCUT2D eigenvalue weighted by molar-refractivity contribution is -0.124. The molecule has 1 aliphatic carbocycles. The Morgan fingerprint density at radius 3 is 2.63 bits per heavy atom. The van der Waals surface area contributed by atoms with Gasteiger partial charge in [0.15, 0.2) is 0 Å². The van der Waals surface area contributed by atoms with Gasteiger partial charge < -0.3 is 15.1 Å². The van der Waals surface area contributed by atoms with Gasteiger partial charge in [-0.05, 0) is 39.8 Å². The Labute approximate surface area is 158 Å². The predicted octanol–water partition coefficient (Wildman–Crippen LogP) is -0.187. The first-order valence-corrected chi connectivity index (χ1v) is 10.3. The van der Waals surface area contributed by atoms with Crippen molar-refractivity contribution in [1.29, 1.82) is 5.41 Å². The molecule has 2 unspecified atom stereocenters. The molecule has 0 aromatic heterocycles. The first kappa shape index (κ1) is 20.0. The van der Waals surface area contributed by atoms with Gasteiger partial charge in [-0.15, -0.1) is 4.28 Å². The van der Waals surface area contributed by atoms with Crippen LogP contribution in [0.5, 0.6) is 0 Å². The molecule has 2 bridgehead atoms. The Morgan fingerprint density at radius 2 is 2.00 bits per heavy atom. The predicted molar refractivity (Wildman–Crippen MR) is 94.1 cm³/mol. The highest BCUT2D eigenvalue weighted by Gasteiger charge is 2.49. The summed E-state index contributed by atoms with van der Waals surface area (Å²) in [6.45, 7) is 0.168. The van der Waals surface area contributed by atoms with Crippen molar-refractivity contribution < 1.29 is 26.8 Å². The number of amides is 3. The molecule has 4 atom stereocenters. The van der Waals surface area contributed by atoms with Gasteiger partial charge in [0, 0.05) is 12.6 Å². The molecule has 27 heavy (non-hydrogen) atoms. The molecule has 3 N–H and O–H groups in total. The molecule has 2 aliphatic heterocycles. The molecule has 3 rings (SSSR count). The monoisotopic (exact) mass is 403 g/mol. The lowest BCUT2D eigenvalue weighted by Gasteiger charge is -2.32. The average Bonchev–Trinajstić information content (AvgIpc) is 3.14. The fraction of sp³-hybridized carbons (Fsp3) is 0.800. The number of amidine groups is 1. The number of urea groups is 1. The van der Waals surface area contributed by atoms with Crippen LogP contribution >= 0.6 is 0 Å². The molecule has 3 fully saturated rings. The van der Waals surface area contributed by atoms with E-state index in [2.05, 4.69) is 9.60 Å². The minimum Gasteiger partial charge on any atom is -0.313 e. The molecule has 0 radical (unpaired) electrons. The lowest BCUT2D eigenvalue weighted by Crippen LogP contribution is -2.52. The summed E-state index contributed by atoms with van der Waals surface area (Å²) in [6.07, 6.45) is 3.42. The van der Waals surface area contributed by atoms with Crippen molar-refractivity contribution in [3.8, 4) is 0 Å². The van der Waals surface area contributed by atoms with E-state index in [1.54, 1.807) is 0 Å². The van der Waals surface area contributed by atoms with Gasteiger partial charge >= 0.3 is 16.4 Å². The van der Waals surface area contributed by atoms with Crippen molar-refractivity contribution in [2.45, 2.75) is 50.2 Å². The van der Waals surface area contributed by atoms with Crippen molar-refractivity contribution in [2.24, 2.45) is 5.92 Å². The largest absolute Gasteiger partial charge is 0.418 e. The quantitative estimate of drug-likeness (QED) is 0.328. The van der Waals surface area contributed by atoms with Crippen LogP contribution in [0, 0.1) is 11.3 Å². The molecule has 1 saturated carbocycles. The molecule has 0 aromatic rings. The van der Waals surface area contributed by atoms with E-state index < -0.39 is 28.5 Å². The minimum absolute atomic E-state index is 0.0788. The third kappa shape index (κ3) is 4.08. The summed E-state index contributed by atoms with van der Waals surface area (Å²) in [5.41, 5.74) is 0. The first-order chi connectivity index (χ1) is 12.6. The standard InChI is InChI=1S/C15H25N5O6S/c1-18(2)11-5-3-4-10(11)14(21)17-13(16)12-7-6-9-8-19(12)15(22)20(9)26-27(23,24)25/h9-12H,3-8H2,1-2H3,(H2,16,17,21)(H,23,24,25)/t9-,10?,11?,12+/m1/s1. The van der Waals surface area contributed by atoms with Gasteiger partial charge in [0.05, 0.1) is 18.0 Å². The van der Waals surface area contributed by atoms with E-state index in [1.165, 1.54) is 4.90 Å². The van der Waals surface area contributed by atoms with E-state index in [-0.39, 0.29) is 30.2 Å². The third-order valence-electron chi connectivity index (χ3n) is 5.57. The van der Waals surface area contributed by atoms with Crippen LogP contribution in [0.25, 0.3) is 0 Å². The fourth-order valence-electron chi connectivity index (χ4n) is 4.30. The van der Waals surface area contributed by atoms with E-state index in [4.69, 9.17) is 9.96 Å². The number of fused-ring (bicyclic) bond motifs is 2. The maximum Gasteiger partial charge on any atom is 0.418 e. The van der Waals surface area contributed by atoms with E-state index >= 15 is 0 Å². The zero-order chi connectivity index (χ0) is 19.9. The van der Waals surface area contributed by atoms with E-state index in [0.29, 0.717) is 17.9 Å². The third-order valence-corrected chi connectivity index (χ3v) is 5.92. The van der Waals surface area contributed by atoms with Crippen molar-refractivity contribution in [3.63, 3.8) is 0 Å². The number of nitrogens with one attached hydrogen (secondary N) is 2. The number of carbonyl (C=O) groups is 2. The van der Waals surface area contributed by atoms with Gasteiger partial charge in [0.25, 0.3) is 0 Å². The van der Waals surface area contributed by atoms with Crippen LogP contribution in [0.4, 0.5) is 4.79 Å². The average molecular weight is 403 g/mol. The van der Waals surface area contributed by atoms with Crippen LogP contribution in [-0.2, 0) is 19.5 Å². The SMILES string of the molecule is CN(C)C1CCCC1C(=O)NC(=N)[C@@H]1CC[C@@H]2CN1C(=O)N2OS(=O)(=O)O. The summed E-state index contributed by atoms with van der Waals surface area (Å²) in [5.74, 6) is -0.508. The Hall–Kier alpha value is -1.76. The van der Waals surface area contributed by atoms with Crippen molar-refractivity contribution in [3.05, 3.63) is 0 Å². The molecule has 0 aromatic carbocycles. The molecule has 2 saturated heterocycles. The van der Waals surface area contributed by atoms with E-state index in [0.717, 1.165) is 19.3 Å². The number of rotatable bonds is 5. The summed E-state index contributed by atoms with van der Waals surface area (Å²) < 4.78 is 35.1. The summed E-state index contributed by atoms with van der Waals surface area (Å²) >= 11 is 0. The Balaban J connectivity index is 1.65. The first-order valence-electron chi connectivity index (χ1n) is 8.91. The number of hydrogen-bond acceptors (Lipinski definition) is 7. The lowest BCUT2D eigenvalue weighted by atomic mass is 9.98.